The molecule has 0 aliphatic carbocycles. The minimum Gasteiger partial charge on any atom is -0.506 e. The van der Waals surface area contributed by atoms with Crippen molar-refractivity contribution in [3.63, 3.8) is 0 Å². The number of aromatic amines is 1. The minimum absolute atomic E-state index is 0.0468. The molecule has 3 aromatic carbocycles. The quantitative estimate of drug-likeness (QED) is 0.177. The zero-order valence-electron chi connectivity index (χ0n) is 19.4. The van der Waals surface area contributed by atoms with Crippen LogP contribution in [0.5, 0.6) is 11.5 Å². The monoisotopic (exact) mass is 495 g/mol. The topological polar surface area (TPSA) is 127 Å². The third-order valence-electron chi connectivity index (χ3n) is 5.68. The first-order chi connectivity index (χ1) is 16.8. The number of nitrogens with one attached hydrogen (secondary N) is 3. The molecule has 0 amide bonds. The number of rotatable bonds is 11. The van der Waals surface area contributed by atoms with Gasteiger partial charge in [-0.05, 0) is 46.9 Å². The van der Waals surface area contributed by atoms with E-state index in [0.29, 0.717) is 35.3 Å². The molecule has 184 valence electrons. The number of aliphatic hydroxyl groups is 2. The number of methoxy groups -OCH3 is 1. The van der Waals surface area contributed by atoms with Crippen molar-refractivity contribution >= 4 is 21.6 Å². The lowest BCUT2D eigenvalue weighted by Gasteiger charge is -2.23. The van der Waals surface area contributed by atoms with Crippen LogP contribution < -0.4 is 20.2 Å². The Morgan fingerprint density at radius 2 is 1.71 bits per heavy atom. The van der Waals surface area contributed by atoms with Gasteiger partial charge in [0, 0.05) is 26.1 Å². The molecule has 4 rings (SSSR count). The number of hydrogen-bond donors (Lipinski definition) is 6. The lowest BCUT2D eigenvalue weighted by molar-refractivity contribution is -0.183. The summed E-state index contributed by atoms with van der Waals surface area (Å²) in [4.78, 5) is 13.9. The van der Waals surface area contributed by atoms with Crippen molar-refractivity contribution in [2.24, 2.45) is 0 Å². The summed E-state index contributed by atoms with van der Waals surface area (Å²) < 4.78 is 5.77. The van der Waals surface area contributed by atoms with Crippen molar-refractivity contribution < 1.29 is 20.1 Å². The molecule has 6 N–H and O–H groups in total. The van der Waals surface area contributed by atoms with E-state index >= 15 is 0 Å². The van der Waals surface area contributed by atoms with Crippen LogP contribution >= 0.6 is 11.3 Å². The van der Waals surface area contributed by atoms with Crippen molar-refractivity contribution in [1.29, 1.82) is 0 Å². The number of hydrogen-bond acceptors (Lipinski definition) is 8. The van der Waals surface area contributed by atoms with E-state index in [1.165, 1.54) is 6.07 Å². The maximum Gasteiger partial charge on any atom is 0.305 e. The van der Waals surface area contributed by atoms with Gasteiger partial charge in [-0.2, -0.15) is 0 Å². The molecular formula is C26H29N3O5S. The molecule has 0 aliphatic rings. The summed E-state index contributed by atoms with van der Waals surface area (Å²) in [6.45, 7) is 1.78. The fraction of sp³-hybridized carbons (Fsp3) is 0.269. The van der Waals surface area contributed by atoms with E-state index in [-0.39, 0.29) is 17.0 Å². The van der Waals surface area contributed by atoms with Gasteiger partial charge in [0.25, 0.3) is 0 Å². The van der Waals surface area contributed by atoms with Gasteiger partial charge in [-0.1, -0.05) is 53.8 Å². The number of ether oxygens (including phenoxy) is 1. The minimum atomic E-state index is -2.16. The third-order valence-corrected chi connectivity index (χ3v) is 6.64. The highest BCUT2D eigenvalue weighted by Gasteiger charge is 2.25. The van der Waals surface area contributed by atoms with E-state index in [1.54, 1.807) is 13.2 Å². The van der Waals surface area contributed by atoms with Crippen molar-refractivity contribution in [1.82, 2.24) is 15.6 Å². The molecule has 9 heteroatoms. The van der Waals surface area contributed by atoms with E-state index in [1.807, 2.05) is 36.4 Å². The van der Waals surface area contributed by atoms with Gasteiger partial charge in [0.15, 0.2) is 0 Å². The summed E-state index contributed by atoms with van der Waals surface area (Å²) in [5.41, 5.74) is 4.22. The molecule has 0 saturated carbocycles. The highest BCUT2D eigenvalue weighted by molar-refractivity contribution is 7.16. The molecule has 0 fully saturated rings. The van der Waals surface area contributed by atoms with Crippen molar-refractivity contribution in [3.8, 4) is 11.5 Å². The van der Waals surface area contributed by atoms with Crippen LogP contribution in [0.3, 0.4) is 0 Å². The zero-order chi connectivity index (χ0) is 24.8. The molecule has 1 aromatic heterocycles. The van der Waals surface area contributed by atoms with Crippen LogP contribution in [0, 0.1) is 0 Å². The van der Waals surface area contributed by atoms with Gasteiger partial charge in [-0.3, -0.25) is 10.1 Å². The Bertz CT molecular complexity index is 1350. The van der Waals surface area contributed by atoms with E-state index in [2.05, 4.69) is 27.8 Å². The van der Waals surface area contributed by atoms with Crippen LogP contribution in [0.25, 0.3) is 10.2 Å². The number of phenols is 1. The lowest BCUT2D eigenvalue weighted by Crippen LogP contribution is -2.47. The van der Waals surface area contributed by atoms with Gasteiger partial charge in [-0.15, -0.1) is 0 Å². The molecule has 0 radical (unpaired) electrons. The van der Waals surface area contributed by atoms with Gasteiger partial charge >= 0.3 is 4.87 Å². The molecule has 0 aliphatic heterocycles. The lowest BCUT2D eigenvalue weighted by atomic mass is 10.1. The molecule has 0 unspecified atom stereocenters. The van der Waals surface area contributed by atoms with E-state index in [0.717, 1.165) is 40.3 Å². The normalized spacial score (nSPS) is 11.7. The predicted octanol–water partition coefficient (Wildman–Crippen LogP) is 2.61. The molecule has 8 nitrogen and oxygen atoms in total. The standard InChI is InChI=1S/C26H29N3O5S/c1-34-21-7-3-6-19(13-21)16-27-15-18-5-2-4-17(12-18)10-11-28-26(32,33)14-20-8-9-22(30)23-24(20)35-25(31)29-23/h2-9,12-13,27-28,30,32-33H,10-11,14-16H2,1H3,(H,29,31). The summed E-state index contributed by atoms with van der Waals surface area (Å²) in [5.74, 6) is -1.37. The van der Waals surface area contributed by atoms with Crippen molar-refractivity contribution in [3.05, 3.63) is 92.6 Å². The van der Waals surface area contributed by atoms with Crippen LogP contribution in [-0.2, 0) is 25.9 Å². The number of aromatic hydroxyl groups is 1. The number of fused-ring (bicyclic) bond motifs is 1. The predicted molar refractivity (Wildman–Crippen MR) is 137 cm³/mol. The summed E-state index contributed by atoms with van der Waals surface area (Å²) in [6, 6.07) is 19.1. The Balaban J connectivity index is 1.29. The van der Waals surface area contributed by atoms with E-state index in [9.17, 15) is 20.1 Å². The highest BCUT2D eigenvalue weighted by atomic mass is 32.1. The first-order valence-electron chi connectivity index (χ1n) is 11.3. The second kappa shape index (κ2) is 11.0. The number of H-pyrrole nitrogens is 1. The summed E-state index contributed by atoms with van der Waals surface area (Å²) in [6.07, 6.45) is 0.473. The summed E-state index contributed by atoms with van der Waals surface area (Å²) in [7, 11) is 1.66. The second-order valence-corrected chi connectivity index (χ2v) is 9.39. The largest absolute Gasteiger partial charge is 0.506 e. The first kappa shape index (κ1) is 24.9. The van der Waals surface area contributed by atoms with Gasteiger partial charge in [-0.25, -0.2) is 0 Å². The molecule has 0 bridgehead atoms. The zero-order valence-corrected chi connectivity index (χ0v) is 20.2. The number of benzene rings is 3. The smallest absolute Gasteiger partial charge is 0.305 e. The van der Waals surface area contributed by atoms with Crippen LogP contribution in [0.4, 0.5) is 0 Å². The average molecular weight is 496 g/mol. The van der Waals surface area contributed by atoms with Crippen molar-refractivity contribution in [2.45, 2.75) is 31.8 Å². The van der Waals surface area contributed by atoms with Crippen LogP contribution in [0.2, 0.25) is 0 Å². The summed E-state index contributed by atoms with van der Waals surface area (Å²) in [5, 5.41) is 37.1. The van der Waals surface area contributed by atoms with Crippen molar-refractivity contribution in [2.75, 3.05) is 13.7 Å². The first-order valence-corrected chi connectivity index (χ1v) is 12.1. The summed E-state index contributed by atoms with van der Waals surface area (Å²) >= 11 is 0.929. The molecule has 1 heterocycles. The third kappa shape index (κ3) is 6.68. The fourth-order valence-corrected chi connectivity index (χ4v) is 4.84. The molecule has 4 aromatic rings. The average Bonchev–Trinajstić information content (AvgIpc) is 3.24. The fourth-order valence-electron chi connectivity index (χ4n) is 3.98. The molecule has 0 atom stereocenters. The van der Waals surface area contributed by atoms with E-state index < -0.39 is 5.91 Å². The Morgan fingerprint density at radius 3 is 2.49 bits per heavy atom. The highest BCUT2D eigenvalue weighted by Crippen LogP contribution is 2.29. The van der Waals surface area contributed by atoms with Gasteiger partial charge in [0.05, 0.1) is 11.8 Å². The Hall–Kier alpha value is -3.21. The van der Waals surface area contributed by atoms with Gasteiger partial charge in [0.2, 0.25) is 5.91 Å². The number of phenolic OH excluding ortho intramolecular Hbond substituents is 1. The second-order valence-electron chi connectivity index (χ2n) is 8.41. The number of thiazole rings is 1. The van der Waals surface area contributed by atoms with E-state index in [4.69, 9.17) is 4.74 Å². The maximum atomic E-state index is 11.7. The van der Waals surface area contributed by atoms with Crippen LogP contribution in [0.1, 0.15) is 22.3 Å². The Labute approximate surface area is 206 Å². The molecule has 0 spiro atoms. The SMILES string of the molecule is COc1cccc(CNCc2cccc(CCNC(O)(O)Cc3ccc(O)c4[nH]c(=O)sc34)c2)c1. The van der Waals surface area contributed by atoms with Crippen LogP contribution in [0.15, 0.2) is 65.5 Å². The Morgan fingerprint density at radius 1 is 1.00 bits per heavy atom. The maximum absolute atomic E-state index is 11.7. The Kier molecular flexibility index (Phi) is 7.84. The molecule has 0 saturated heterocycles. The number of aromatic nitrogens is 1. The van der Waals surface area contributed by atoms with Gasteiger partial charge in [0.1, 0.15) is 17.0 Å². The van der Waals surface area contributed by atoms with Crippen LogP contribution in [-0.4, -0.2) is 39.9 Å². The molecule has 35 heavy (non-hydrogen) atoms. The van der Waals surface area contributed by atoms with Gasteiger partial charge < -0.3 is 30.4 Å². The molecular weight excluding hydrogens is 466 g/mol.